The van der Waals surface area contributed by atoms with Crippen molar-refractivity contribution in [1.29, 1.82) is 0 Å². The topological polar surface area (TPSA) is 66.4 Å². The van der Waals surface area contributed by atoms with Gasteiger partial charge in [-0.3, -0.25) is 4.79 Å². The maximum Gasteiger partial charge on any atom is 0.317 e. The molecule has 0 N–H and O–H groups in total. The molecule has 0 saturated heterocycles. The lowest BCUT2D eigenvalue weighted by Crippen LogP contribution is -2.52. The molecule has 0 atom stereocenters. The number of halogens is 1. The molecule has 0 amide bonds. The molecule has 1 rings (SSSR count). The SMILES string of the molecule is O=C(CBr)OC1(C(=O)[O-])CCCCC1. The number of hydrogen-bond donors (Lipinski definition) is 0. The number of alkyl halides is 1. The van der Waals surface area contributed by atoms with Crippen molar-refractivity contribution < 1.29 is 19.4 Å². The first-order valence-electron chi connectivity index (χ1n) is 4.60. The number of aliphatic carboxylic acids is 1. The van der Waals surface area contributed by atoms with Crippen molar-refractivity contribution in [3.8, 4) is 0 Å². The van der Waals surface area contributed by atoms with Crippen molar-refractivity contribution in [3.63, 3.8) is 0 Å². The van der Waals surface area contributed by atoms with E-state index in [2.05, 4.69) is 15.9 Å². The van der Waals surface area contributed by atoms with Gasteiger partial charge in [0.1, 0.15) is 5.33 Å². The smallest absolute Gasteiger partial charge is 0.317 e. The first-order chi connectivity index (χ1) is 6.60. The van der Waals surface area contributed by atoms with Crippen molar-refractivity contribution in [2.24, 2.45) is 0 Å². The van der Waals surface area contributed by atoms with E-state index in [4.69, 9.17) is 4.74 Å². The Bertz CT molecular complexity index is 233. The summed E-state index contributed by atoms with van der Waals surface area (Å²) < 4.78 is 4.94. The minimum atomic E-state index is -1.37. The maximum absolute atomic E-state index is 11.0. The predicted molar refractivity (Wildman–Crippen MR) is 50.7 cm³/mol. The van der Waals surface area contributed by atoms with Gasteiger partial charge < -0.3 is 14.6 Å². The van der Waals surface area contributed by atoms with Gasteiger partial charge in [-0.1, -0.05) is 22.4 Å². The molecule has 0 aromatic heterocycles. The molecule has 0 aliphatic heterocycles. The van der Waals surface area contributed by atoms with Crippen molar-refractivity contribution in [1.82, 2.24) is 0 Å². The van der Waals surface area contributed by atoms with Gasteiger partial charge in [0, 0.05) is 0 Å². The van der Waals surface area contributed by atoms with Crippen LogP contribution in [0.15, 0.2) is 0 Å². The van der Waals surface area contributed by atoms with Crippen LogP contribution in [0.25, 0.3) is 0 Å². The van der Waals surface area contributed by atoms with Gasteiger partial charge in [-0.05, 0) is 25.7 Å². The average molecular weight is 264 g/mol. The van der Waals surface area contributed by atoms with Gasteiger partial charge in [-0.25, -0.2) is 0 Å². The molecule has 0 radical (unpaired) electrons. The van der Waals surface area contributed by atoms with E-state index in [1.807, 2.05) is 0 Å². The number of carboxylic acid groups (broad SMARTS) is 1. The highest BCUT2D eigenvalue weighted by molar-refractivity contribution is 9.09. The summed E-state index contributed by atoms with van der Waals surface area (Å²) in [6.07, 6.45) is 3.26. The lowest BCUT2D eigenvalue weighted by atomic mass is 9.85. The number of ether oxygens (including phenoxy) is 1. The van der Waals surface area contributed by atoms with Crippen LogP contribution in [0.3, 0.4) is 0 Å². The van der Waals surface area contributed by atoms with Crippen LogP contribution in [0, 0.1) is 0 Å². The fraction of sp³-hybridized carbons (Fsp3) is 0.778. The quantitative estimate of drug-likeness (QED) is 0.546. The largest absolute Gasteiger partial charge is 0.546 e. The van der Waals surface area contributed by atoms with E-state index < -0.39 is 17.5 Å². The normalized spacial score (nSPS) is 20.1. The summed E-state index contributed by atoms with van der Waals surface area (Å²) in [6.45, 7) is 0. The second kappa shape index (κ2) is 4.77. The monoisotopic (exact) mass is 263 g/mol. The van der Waals surface area contributed by atoms with Crippen LogP contribution in [-0.4, -0.2) is 22.9 Å². The van der Waals surface area contributed by atoms with E-state index in [1.54, 1.807) is 0 Å². The van der Waals surface area contributed by atoms with E-state index in [-0.39, 0.29) is 5.33 Å². The highest BCUT2D eigenvalue weighted by atomic mass is 79.9. The summed E-state index contributed by atoms with van der Waals surface area (Å²) >= 11 is 2.93. The molecule has 0 unspecified atom stereocenters. The van der Waals surface area contributed by atoms with Gasteiger partial charge in [-0.15, -0.1) is 0 Å². The molecular weight excluding hydrogens is 252 g/mol. The first-order valence-corrected chi connectivity index (χ1v) is 5.72. The second-order valence-corrected chi connectivity index (χ2v) is 4.01. The highest BCUT2D eigenvalue weighted by Crippen LogP contribution is 2.31. The molecule has 5 heteroatoms. The van der Waals surface area contributed by atoms with Crippen molar-refractivity contribution in [3.05, 3.63) is 0 Å². The summed E-state index contributed by atoms with van der Waals surface area (Å²) in [7, 11) is 0. The molecule has 80 valence electrons. The van der Waals surface area contributed by atoms with Gasteiger partial charge in [0.2, 0.25) is 0 Å². The number of hydrogen-bond acceptors (Lipinski definition) is 4. The zero-order valence-corrected chi connectivity index (χ0v) is 9.34. The number of carbonyl (C=O) groups excluding carboxylic acids is 2. The first kappa shape index (κ1) is 11.5. The molecule has 1 saturated carbocycles. The fourth-order valence-electron chi connectivity index (χ4n) is 1.72. The Labute approximate surface area is 90.8 Å². The predicted octanol–water partition coefficient (Wildman–Crippen LogP) is 0.377. The summed E-state index contributed by atoms with van der Waals surface area (Å²) in [5.74, 6) is -1.82. The van der Waals surface area contributed by atoms with Gasteiger partial charge in [-0.2, -0.15) is 0 Å². The lowest BCUT2D eigenvalue weighted by Gasteiger charge is -2.37. The third-order valence-electron chi connectivity index (χ3n) is 2.45. The zero-order valence-electron chi connectivity index (χ0n) is 7.75. The maximum atomic E-state index is 11.0. The number of carboxylic acids is 1. The van der Waals surface area contributed by atoms with Crippen LogP contribution in [0.5, 0.6) is 0 Å². The van der Waals surface area contributed by atoms with E-state index in [0.717, 1.165) is 19.3 Å². The molecule has 4 nitrogen and oxygen atoms in total. The lowest BCUT2D eigenvalue weighted by molar-refractivity contribution is -0.327. The van der Waals surface area contributed by atoms with Crippen molar-refractivity contribution >= 4 is 27.9 Å². The van der Waals surface area contributed by atoms with Gasteiger partial charge in [0.05, 0.1) is 5.97 Å². The number of carbonyl (C=O) groups is 2. The number of rotatable bonds is 3. The Hall–Kier alpha value is -0.580. The van der Waals surface area contributed by atoms with Crippen LogP contribution >= 0.6 is 15.9 Å². The fourth-order valence-corrected chi connectivity index (χ4v) is 1.83. The van der Waals surface area contributed by atoms with Crippen LogP contribution in [0.2, 0.25) is 0 Å². The highest BCUT2D eigenvalue weighted by Gasteiger charge is 2.37. The van der Waals surface area contributed by atoms with Crippen LogP contribution in [0.1, 0.15) is 32.1 Å². The van der Waals surface area contributed by atoms with Gasteiger partial charge in [0.15, 0.2) is 5.60 Å². The molecule has 1 aliphatic carbocycles. The van der Waals surface area contributed by atoms with E-state index >= 15 is 0 Å². The van der Waals surface area contributed by atoms with Crippen molar-refractivity contribution in [2.45, 2.75) is 37.7 Å². The van der Waals surface area contributed by atoms with E-state index in [0.29, 0.717) is 12.8 Å². The van der Waals surface area contributed by atoms with Gasteiger partial charge in [0.25, 0.3) is 0 Å². The van der Waals surface area contributed by atoms with E-state index in [9.17, 15) is 14.7 Å². The minimum Gasteiger partial charge on any atom is -0.546 e. The Morgan fingerprint density at radius 3 is 2.29 bits per heavy atom. The Morgan fingerprint density at radius 2 is 1.86 bits per heavy atom. The molecular formula is C9H12BrO4-. The summed E-state index contributed by atoms with van der Waals surface area (Å²) in [6, 6.07) is 0. The van der Waals surface area contributed by atoms with Crippen LogP contribution in [0.4, 0.5) is 0 Å². The molecule has 0 spiro atoms. The molecule has 1 fully saturated rings. The number of esters is 1. The molecule has 0 aromatic rings. The standard InChI is InChI=1S/C9H13BrO4/c10-6-7(11)14-9(8(12)13)4-2-1-3-5-9/h1-6H2,(H,12,13)/p-1. The average Bonchev–Trinajstić information content (AvgIpc) is 2.19. The van der Waals surface area contributed by atoms with Crippen molar-refractivity contribution in [2.75, 3.05) is 5.33 Å². The molecule has 0 bridgehead atoms. The van der Waals surface area contributed by atoms with Crippen LogP contribution < -0.4 is 5.11 Å². The van der Waals surface area contributed by atoms with Gasteiger partial charge >= 0.3 is 5.97 Å². The molecule has 14 heavy (non-hydrogen) atoms. The molecule has 1 aliphatic rings. The van der Waals surface area contributed by atoms with Crippen LogP contribution in [-0.2, 0) is 14.3 Å². The second-order valence-electron chi connectivity index (χ2n) is 3.45. The molecule has 0 aromatic carbocycles. The Kier molecular flexibility index (Phi) is 3.92. The third kappa shape index (κ3) is 2.47. The van der Waals surface area contributed by atoms with E-state index in [1.165, 1.54) is 0 Å². The summed E-state index contributed by atoms with van der Waals surface area (Å²) in [4.78, 5) is 22.0. The third-order valence-corrected chi connectivity index (χ3v) is 2.91. The summed E-state index contributed by atoms with van der Waals surface area (Å²) in [5.41, 5.74) is -1.37. The molecule has 0 heterocycles. The minimum absolute atomic E-state index is 0.0159. The zero-order chi connectivity index (χ0) is 10.6. The Morgan fingerprint density at radius 1 is 1.29 bits per heavy atom. The Balaban J connectivity index is 2.70. The summed E-state index contributed by atoms with van der Waals surface area (Å²) in [5, 5.41) is 10.9.